The maximum atomic E-state index is 10.9. The third-order valence-corrected chi connectivity index (χ3v) is 11.6. The van der Waals surface area contributed by atoms with Gasteiger partial charge >= 0.3 is 0 Å². The van der Waals surface area contributed by atoms with Gasteiger partial charge in [-0.2, -0.15) is 0 Å². The lowest BCUT2D eigenvalue weighted by Crippen LogP contribution is -2.20. The summed E-state index contributed by atoms with van der Waals surface area (Å²) in [4.78, 5) is 13.9. The number of nitrogens with one attached hydrogen (secondary N) is 1. The van der Waals surface area contributed by atoms with E-state index in [0.29, 0.717) is 5.56 Å². The van der Waals surface area contributed by atoms with Gasteiger partial charge in [-0.25, -0.2) is 0 Å². The van der Waals surface area contributed by atoms with E-state index >= 15 is 0 Å². The average Bonchev–Trinajstić information content (AvgIpc) is 3.54. The molecule has 0 radical (unpaired) electrons. The highest BCUT2D eigenvalue weighted by Crippen LogP contribution is 2.35. The number of aromatic nitrogens is 1. The number of nitrogens with zero attached hydrogens (tertiary/aromatic N) is 1. The van der Waals surface area contributed by atoms with Crippen molar-refractivity contribution in [3.63, 3.8) is 0 Å². The molecule has 0 aliphatic heterocycles. The fraction of sp³-hybridized carbons (Fsp3) is 0. The molecule has 0 bridgehead atoms. The molecule has 7 heteroatoms. The molecule has 0 amide bonds. The van der Waals surface area contributed by atoms with Crippen molar-refractivity contribution in [3.05, 3.63) is 201 Å². The molecule has 0 saturated carbocycles. The topological polar surface area (TPSA) is 58.9 Å². The van der Waals surface area contributed by atoms with Gasteiger partial charge in [0.1, 0.15) is 0 Å². The Morgan fingerprint density at radius 3 is 1.49 bits per heavy atom. The largest absolute Gasteiger partial charge is 0.354 e. The first-order chi connectivity index (χ1) is 24.0. The molecule has 1 aromatic heterocycles. The van der Waals surface area contributed by atoms with Crippen LogP contribution in [-0.2, 0) is 0 Å². The van der Waals surface area contributed by atoms with Crippen LogP contribution in [0.4, 0.5) is 5.69 Å². The quantitative estimate of drug-likeness (QED) is 0.107. The van der Waals surface area contributed by atoms with E-state index in [4.69, 9.17) is 0 Å². The minimum absolute atomic E-state index is 0.120. The van der Waals surface area contributed by atoms with Crippen molar-refractivity contribution in [1.29, 1.82) is 0 Å². The first-order valence-corrected chi connectivity index (χ1v) is 18.5. The zero-order valence-corrected chi connectivity index (χ0v) is 30.4. The number of benzene rings is 7. The van der Waals surface area contributed by atoms with Gasteiger partial charge in [0.05, 0.1) is 10.5 Å². The zero-order valence-electron chi connectivity index (χ0n) is 26.3. The van der Waals surface area contributed by atoms with Gasteiger partial charge in [-0.3, -0.25) is 10.1 Å². The van der Waals surface area contributed by atoms with Crippen molar-refractivity contribution in [3.8, 4) is 11.1 Å². The standard InChI is InChI=1S/C18H15P.C12H8BrNO2.C12H8BrN/c1-4-10-16(11-5-1)19(17-12-6-2-7-13-17)18-14-8-3-9-15-18;13-11-7-3-1-5-9(11)10-6-2-4-8-12(10)14(15)16;13-9-5-3-7-11-12(9)8-4-1-2-6-10(8)14-11/h1-15H;1-8H;1-7,14H. The zero-order chi connectivity index (χ0) is 34.0. The van der Waals surface area contributed by atoms with Crippen LogP contribution in [0, 0.1) is 10.1 Å². The molecule has 0 spiro atoms. The molecular weight excluding hydrogens is 755 g/mol. The lowest BCUT2D eigenvalue weighted by atomic mass is 10.0. The van der Waals surface area contributed by atoms with Gasteiger partial charge in [0.15, 0.2) is 0 Å². The van der Waals surface area contributed by atoms with Crippen LogP contribution >= 0.6 is 39.8 Å². The molecule has 8 rings (SSSR count). The molecule has 49 heavy (non-hydrogen) atoms. The van der Waals surface area contributed by atoms with E-state index in [1.165, 1.54) is 43.8 Å². The minimum atomic E-state index is -0.446. The van der Waals surface area contributed by atoms with Gasteiger partial charge in [0.2, 0.25) is 0 Å². The second kappa shape index (κ2) is 16.5. The first-order valence-electron chi connectivity index (χ1n) is 15.6. The summed E-state index contributed by atoms with van der Waals surface area (Å²) in [5.41, 5.74) is 3.94. The molecule has 1 heterocycles. The van der Waals surface area contributed by atoms with Gasteiger partial charge in [-0.15, -0.1) is 0 Å². The number of hydrogen-bond acceptors (Lipinski definition) is 2. The van der Waals surface area contributed by atoms with Crippen molar-refractivity contribution in [2.24, 2.45) is 0 Å². The van der Waals surface area contributed by atoms with Crippen LogP contribution in [0.3, 0.4) is 0 Å². The van der Waals surface area contributed by atoms with Gasteiger partial charge in [-0.1, -0.05) is 177 Å². The maximum Gasteiger partial charge on any atom is 0.277 e. The Kier molecular flexibility index (Phi) is 11.4. The van der Waals surface area contributed by atoms with Crippen LogP contribution in [0.15, 0.2) is 191 Å². The van der Waals surface area contributed by atoms with Crippen molar-refractivity contribution in [1.82, 2.24) is 4.98 Å². The van der Waals surface area contributed by atoms with E-state index in [0.717, 1.165) is 14.5 Å². The SMILES string of the molecule is Brc1cccc2[nH]c3ccccc3c12.O=[N+]([O-])c1ccccc1-c1ccccc1Br.c1ccc(P(c2ccccc2)c2ccccc2)cc1. The van der Waals surface area contributed by atoms with Gasteiger partial charge in [0, 0.05) is 42.4 Å². The van der Waals surface area contributed by atoms with E-state index in [-0.39, 0.29) is 10.6 Å². The molecule has 8 aromatic rings. The van der Waals surface area contributed by atoms with Crippen LogP contribution in [0.5, 0.6) is 0 Å². The van der Waals surface area contributed by atoms with Crippen LogP contribution in [0.2, 0.25) is 0 Å². The molecule has 240 valence electrons. The molecule has 0 aliphatic rings. The first kappa shape index (κ1) is 34.0. The lowest BCUT2D eigenvalue weighted by Gasteiger charge is -2.18. The number of nitro groups is 1. The second-order valence-corrected chi connectivity index (χ2v) is 14.9. The molecule has 0 atom stereocenters. The van der Waals surface area contributed by atoms with Crippen LogP contribution < -0.4 is 15.9 Å². The molecule has 7 aromatic carbocycles. The second-order valence-electron chi connectivity index (χ2n) is 10.9. The fourth-order valence-corrected chi connectivity index (χ4v) is 8.96. The normalized spacial score (nSPS) is 10.6. The van der Waals surface area contributed by atoms with E-state index in [2.05, 4.69) is 158 Å². The molecule has 1 N–H and O–H groups in total. The van der Waals surface area contributed by atoms with Gasteiger partial charge in [-0.05, 0) is 54.2 Å². The lowest BCUT2D eigenvalue weighted by molar-refractivity contribution is -0.384. The summed E-state index contributed by atoms with van der Waals surface area (Å²) in [5.74, 6) is 0. The summed E-state index contributed by atoms with van der Waals surface area (Å²) in [6.07, 6.45) is 0. The Morgan fingerprint density at radius 1 is 0.469 bits per heavy atom. The predicted octanol–water partition coefficient (Wildman–Crippen LogP) is 11.6. The van der Waals surface area contributed by atoms with E-state index in [1.807, 2.05) is 36.4 Å². The Balaban J connectivity index is 0.000000129. The van der Waals surface area contributed by atoms with Crippen molar-refractivity contribution >= 4 is 83.2 Å². The molecular formula is C42H31Br2N2O2P. The highest BCUT2D eigenvalue weighted by Gasteiger charge is 2.16. The number of rotatable bonds is 5. The van der Waals surface area contributed by atoms with Gasteiger partial charge < -0.3 is 4.98 Å². The highest BCUT2D eigenvalue weighted by atomic mass is 79.9. The molecule has 0 saturated heterocycles. The number of aromatic amines is 1. The Morgan fingerprint density at radius 2 is 0.918 bits per heavy atom. The Bertz CT molecular complexity index is 2200. The molecule has 4 nitrogen and oxygen atoms in total. The summed E-state index contributed by atoms with van der Waals surface area (Å²) in [7, 11) is -0.446. The monoisotopic (exact) mass is 784 g/mol. The number of nitro benzene ring substituents is 1. The number of para-hydroxylation sites is 2. The van der Waals surface area contributed by atoms with E-state index in [1.54, 1.807) is 18.2 Å². The van der Waals surface area contributed by atoms with Crippen LogP contribution in [0.25, 0.3) is 32.9 Å². The number of H-pyrrole nitrogens is 1. The highest BCUT2D eigenvalue weighted by molar-refractivity contribution is 9.11. The number of fused-ring (bicyclic) bond motifs is 3. The minimum Gasteiger partial charge on any atom is -0.354 e. The van der Waals surface area contributed by atoms with Crippen molar-refractivity contribution in [2.45, 2.75) is 0 Å². The summed E-state index contributed by atoms with van der Waals surface area (Å²) in [5, 5.41) is 17.6. The fourth-order valence-electron chi connectivity index (χ4n) is 5.58. The number of hydrogen-bond donors (Lipinski definition) is 1. The molecule has 0 fully saturated rings. The van der Waals surface area contributed by atoms with Crippen molar-refractivity contribution < 1.29 is 4.92 Å². The van der Waals surface area contributed by atoms with E-state index < -0.39 is 7.92 Å². The van der Waals surface area contributed by atoms with Gasteiger partial charge in [0.25, 0.3) is 5.69 Å². The van der Waals surface area contributed by atoms with E-state index in [9.17, 15) is 10.1 Å². The Labute approximate surface area is 303 Å². The van der Waals surface area contributed by atoms with Crippen LogP contribution in [-0.4, -0.2) is 9.91 Å². The average molecular weight is 787 g/mol. The summed E-state index contributed by atoms with van der Waals surface area (Å²) in [6, 6.07) is 61.1. The maximum absolute atomic E-state index is 10.9. The van der Waals surface area contributed by atoms with Crippen molar-refractivity contribution in [2.75, 3.05) is 0 Å². The molecule has 0 unspecified atom stereocenters. The summed E-state index contributed by atoms with van der Waals surface area (Å²) >= 11 is 6.97. The number of halogens is 2. The summed E-state index contributed by atoms with van der Waals surface area (Å²) < 4.78 is 2.00. The Hall–Kier alpha value is -4.87. The molecule has 0 aliphatic carbocycles. The third-order valence-electron chi connectivity index (χ3n) is 7.79. The predicted molar refractivity (Wildman–Crippen MR) is 215 cm³/mol. The third kappa shape index (κ3) is 8.23. The summed E-state index contributed by atoms with van der Waals surface area (Å²) in [6.45, 7) is 0. The van der Waals surface area contributed by atoms with Crippen LogP contribution in [0.1, 0.15) is 0 Å². The smallest absolute Gasteiger partial charge is 0.277 e.